The first-order valence-corrected chi connectivity index (χ1v) is 10.7. The molecule has 11 heteroatoms. The second-order valence-electron chi connectivity index (χ2n) is 6.09. The monoisotopic (exact) mass is 441 g/mol. The molecule has 0 unspecified atom stereocenters. The van der Waals surface area contributed by atoms with Crippen LogP contribution in [0.5, 0.6) is 5.75 Å². The number of benzene rings is 2. The number of hydrogen-bond donors (Lipinski definition) is 1. The SMILES string of the molecule is CC[C@@H](C(=O)Nc1cc(Cl)ccc1OC)N(c1cccc([N+](=O)[O-])c1)S(C)(=O)=O. The van der Waals surface area contributed by atoms with Crippen LogP contribution in [0.15, 0.2) is 42.5 Å². The summed E-state index contributed by atoms with van der Waals surface area (Å²) in [6, 6.07) is 8.56. The van der Waals surface area contributed by atoms with E-state index in [1.165, 1.54) is 31.4 Å². The van der Waals surface area contributed by atoms with Crippen molar-refractivity contribution >= 4 is 44.6 Å². The first-order valence-electron chi connectivity index (χ1n) is 8.46. The van der Waals surface area contributed by atoms with E-state index in [2.05, 4.69) is 5.32 Å². The van der Waals surface area contributed by atoms with Crippen LogP contribution in [0.25, 0.3) is 0 Å². The van der Waals surface area contributed by atoms with Gasteiger partial charge in [-0.1, -0.05) is 24.6 Å². The third-order valence-electron chi connectivity index (χ3n) is 4.04. The molecule has 2 aromatic carbocycles. The predicted octanol–water partition coefficient (Wildman–Crippen LogP) is 3.44. The van der Waals surface area contributed by atoms with E-state index in [-0.39, 0.29) is 23.5 Å². The maximum absolute atomic E-state index is 13.0. The van der Waals surface area contributed by atoms with Crippen molar-refractivity contribution < 1.29 is 22.9 Å². The number of sulfonamides is 1. The number of methoxy groups -OCH3 is 1. The number of nitrogens with one attached hydrogen (secondary N) is 1. The van der Waals surface area contributed by atoms with Crippen molar-refractivity contribution in [1.29, 1.82) is 0 Å². The molecule has 1 atom stereocenters. The minimum Gasteiger partial charge on any atom is -0.495 e. The van der Waals surface area contributed by atoms with Gasteiger partial charge in [-0.15, -0.1) is 0 Å². The molecule has 1 amide bonds. The molecule has 0 heterocycles. The summed E-state index contributed by atoms with van der Waals surface area (Å²) in [6.45, 7) is 1.63. The summed E-state index contributed by atoms with van der Waals surface area (Å²) < 4.78 is 31.0. The standard InChI is InChI=1S/C18H20ClN3O6S/c1-4-16(18(23)20-15-10-12(19)8-9-17(15)28-2)21(29(3,26)27)13-6-5-7-14(11-13)22(24)25/h5-11,16H,4H2,1-3H3,(H,20,23)/t16-/m0/s1. The fourth-order valence-electron chi connectivity index (χ4n) is 2.80. The molecule has 0 radical (unpaired) electrons. The Kier molecular flexibility index (Phi) is 7.04. The lowest BCUT2D eigenvalue weighted by atomic mass is 10.1. The van der Waals surface area contributed by atoms with Crippen LogP contribution in [0.1, 0.15) is 13.3 Å². The van der Waals surface area contributed by atoms with Crippen LogP contribution < -0.4 is 14.4 Å². The highest BCUT2D eigenvalue weighted by molar-refractivity contribution is 7.92. The number of carbonyl (C=O) groups is 1. The number of hydrogen-bond acceptors (Lipinski definition) is 6. The molecule has 0 spiro atoms. The Balaban J connectivity index is 2.47. The van der Waals surface area contributed by atoms with Gasteiger partial charge in [-0.25, -0.2) is 8.42 Å². The molecule has 0 saturated carbocycles. The van der Waals surface area contributed by atoms with Crippen molar-refractivity contribution in [3.63, 3.8) is 0 Å². The van der Waals surface area contributed by atoms with Crippen LogP contribution in [-0.2, 0) is 14.8 Å². The number of rotatable bonds is 8. The average Bonchev–Trinajstić information content (AvgIpc) is 2.65. The molecule has 0 aromatic heterocycles. The Bertz CT molecular complexity index is 1030. The molecule has 0 aliphatic carbocycles. The molecule has 2 aromatic rings. The van der Waals surface area contributed by atoms with E-state index in [0.717, 1.165) is 16.6 Å². The quantitative estimate of drug-likeness (QED) is 0.495. The number of nitro groups is 1. The third kappa shape index (κ3) is 5.36. The van der Waals surface area contributed by atoms with Gasteiger partial charge in [-0.05, 0) is 30.7 Å². The molecule has 156 valence electrons. The largest absolute Gasteiger partial charge is 0.495 e. The van der Waals surface area contributed by atoms with Crippen molar-refractivity contribution in [2.75, 3.05) is 23.0 Å². The van der Waals surface area contributed by atoms with Crippen molar-refractivity contribution in [3.05, 3.63) is 57.6 Å². The summed E-state index contributed by atoms with van der Waals surface area (Å²) >= 11 is 5.97. The normalized spacial score (nSPS) is 12.1. The highest BCUT2D eigenvalue weighted by Crippen LogP contribution is 2.30. The lowest BCUT2D eigenvalue weighted by Gasteiger charge is -2.30. The molecular weight excluding hydrogens is 422 g/mol. The van der Waals surface area contributed by atoms with Gasteiger partial charge >= 0.3 is 0 Å². The Morgan fingerprint density at radius 3 is 2.55 bits per heavy atom. The molecule has 0 bridgehead atoms. The summed E-state index contributed by atoms with van der Waals surface area (Å²) in [5.74, 6) is -0.288. The zero-order valence-corrected chi connectivity index (χ0v) is 17.5. The van der Waals surface area contributed by atoms with Crippen molar-refractivity contribution in [3.8, 4) is 5.75 Å². The van der Waals surface area contributed by atoms with E-state index in [9.17, 15) is 23.3 Å². The Hall–Kier alpha value is -2.85. The molecule has 0 aliphatic rings. The minimum atomic E-state index is -3.94. The van der Waals surface area contributed by atoms with Crippen LogP contribution >= 0.6 is 11.6 Å². The summed E-state index contributed by atoms with van der Waals surface area (Å²) in [5, 5.41) is 14.1. The molecule has 0 saturated heterocycles. The van der Waals surface area contributed by atoms with Crippen LogP contribution in [0, 0.1) is 10.1 Å². The van der Waals surface area contributed by atoms with Crippen LogP contribution in [0.3, 0.4) is 0 Å². The number of amides is 1. The maximum Gasteiger partial charge on any atom is 0.271 e. The number of carbonyl (C=O) groups excluding carboxylic acids is 1. The molecule has 29 heavy (non-hydrogen) atoms. The zero-order chi connectivity index (χ0) is 21.8. The molecular formula is C18H20ClN3O6S. The number of nitrogens with zero attached hydrogens (tertiary/aromatic N) is 2. The van der Waals surface area contributed by atoms with Crippen molar-refractivity contribution in [2.45, 2.75) is 19.4 Å². The van der Waals surface area contributed by atoms with Crippen molar-refractivity contribution in [2.24, 2.45) is 0 Å². The summed E-state index contributed by atoms with van der Waals surface area (Å²) in [5.41, 5.74) is 0.000578. The van der Waals surface area contributed by atoms with E-state index < -0.39 is 26.9 Å². The molecule has 1 N–H and O–H groups in total. The first-order chi connectivity index (χ1) is 13.6. The van der Waals surface area contributed by atoms with Crippen molar-refractivity contribution in [1.82, 2.24) is 0 Å². The summed E-state index contributed by atoms with van der Waals surface area (Å²) in [7, 11) is -2.52. The van der Waals surface area contributed by atoms with Gasteiger partial charge in [0.25, 0.3) is 5.69 Å². The number of halogens is 1. The van der Waals surface area contributed by atoms with E-state index in [1.54, 1.807) is 19.1 Å². The smallest absolute Gasteiger partial charge is 0.271 e. The van der Waals surface area contributed by atoms with Gasteiger partial charge in [0.05, 0.1) is 29.7 Å². The predicted molar refractivity (Wildman–Crippen MR) is 111 cm³/mol. The number of non-ortho nitro benzene ring substituents is 1. The Labute approximate surface area is 173 Å². The fourth-order valence-corrected chi connectivity index (χ4v) is 4.17. The number of ether oxygens (including phenoxy) is 1. The number of anilines is 2. The third-order valence-corrected chi connectivity index (χ3v) is 5.46. The zero-order valence-electron chi connectivity index (χ0n) is 16.0. The van der Waals surface area contributed by atoms with E-state index in [4.69, 9.17) is 16.3 Å². The van der Waals surface area contributed by atoms with Gasteiger partial charge in [0.2, 0.25) is 15.9 Å². The Morgan fingerprint density at radius 2 is 2.00 bits per heavy atom. The molecule has 9 nitrogen and oxygen atoms in total. The summed E-state index contributed by atoms with van der Waals surface area (Å²) in [6.07, 6.45) is 1.05. The second-order valence-corrected chi connectivity index (χ2v) is 8.39. The van der Waals surface area contributed by atoms with Gasteiger partial charge in [0.15, 0.2) is 0 Å². The van der Waals surface area contributed by atoms with Gasteiger partial charge < -0.3 is 10.1 Å². The second kappa shape index (κ2) is 9.10. The minimum absolute atomic E-state index is 0.0155. The number of nitro benzene ring substituents is 1. The summed E-state index contributed by atoms with van der Waals surface area (Å²) in [4.78, 5) is 23.4. The maximum atomic E-state index is 13.0. The molecule has 0 fully saturated rings. The van der Waals surface area contributed by atoms with Gasteiger partial charge in [-0.3, -0.25) is 19.2 Å². The fraction of sp³-hybridized carbons (Fsp3) is 0.278. The van der Waals surface area contributed by atoms with Crippen LogP contribution in [0.2, 0.25) is 5.02 Å². The molecule has 2 rings (SSSR count). The lowest BCUT2D eigenvalue weighted by Crippen LogP contribution is -2.47. The van der Waals surface area contributed by atoms with Crippen LogP contribution in [-0.4, -0.2) is 38.7 Å². The molecule has 0 aliphatic heterocycles. The first kappa shape index (κ1) is 22.4. The lowest BCUT2D eigenvalue weighted by molar-refractivity contribution is -0.384. The van der Waals surface area contributed by atoms with Gasteiger partial charge in [0, 0.05) is 17.2 Å². The van der Waals surface area contributed by atoms with E-state index in [0.29, 0.717) is 10.8 Å². The van der Waals surface area contributed by atoms with Crippen LogP contribution in [0.4, 0.5) is 17.1 Å². The average molecular weight is 442 g/mol. The Morgan fingerprint density at radius 1 is 1.31 bits per heavy atom. The topological polar surface area (TPSA) is 119 Å². The van der Waals surface area contributed by atoms with Gasteiger partial charge in [0.1, 0.15) is 11.8 Å². The highest BCUT2D eigenvalue weighted by atomic mass is 35.5. The van der Waals surface area contributed by atoms with E-state index in [1.807, 2.05) is 0 Å². The highest BCUT2D eigenvalue weighted by Gasteiger charge is 2.32. The van der Waals surface area contributed by atoms with Gasteiger partial charge in [-0.2, -0.15) is 0 Å². The van der Waals surface area contributed by atoms with E-state index >= 15 is 0 Å².